The highest BCUT2D eigenvalue weighted by Crippen LogP contribution is 2.44. The van der Waals surface area contributed by atoms with E-state index in [0.717, 1.165) is 23.2 Å². The van der Waals surface area contributed by atoms with E-state index < -0.39 is 0 Å². The van der Waals surface area contributed by atoms with E-state index in [4.69, 9.17) is 5.73 Å². The smallest absolute Gasteiger partial charge is 0.129 e. The lowest BCUT2D eigenvalue weighted by atomic mass is 9.74. The molecular weight excluding hydrogens is 260 g/mol. The predicted molar refractivity (Wildman–Crippen MR) is 82.8 cm³/mol. The Kier molecular flexibility index (Phi) is 2.57. The summed E-state index contributed by atoms with van der Waals surface area (Å²) in [5, 5.41) is 4.68. The van der Waals surface area contributed by atoms with Crippen LogP contribution in [0.5, 0.6) is 0 Å². The van der Waals surface area contributed by atoms with Crippen LogP contribution in [0.25, 0.3) is 11.1 Å². The monoisotopic (exact) mass is 276 g/mol. The lowest BCUT2D eigenvalue weighted by Gasteiger charge is -2.29. The van der Waals surface area contributed by atoms with Gasteiger partial charge < -0.3 is 5.73 Å². The number of aromatic nitrogens is 3. The highest BCUT2D eigenvalue weighted by molar-refractivity contribution is 5.78. The summed E-state index contributed by atoms with van der Waals surface area (Å²) in [5.74, 6) is 1.05. The van der Waals surface area contributed by atoms with E-state index in [2.05, 4.69) is 34.3 Å². The highest BCUT2D eigenvalue weighted by atomic mass is 15.3. The summed E-state index contributed by atoms with van der Waals surface area (Å²) in [5.41, 5.74) is 12.2. The van der Waals surface area contributed by atoms with Gasteiger partial charge in [-0.3, -0.25) is 9.67 Å². The number of anilines is 1. The van der Waals surface area contributed by atoms with Crippen LogP contribution >= 0.6 is 0 Å². The second-order valence-corrected chi connectivity index (χ2v) is 5.46. The molecule has 0 spiro atoms. The normalized spacial score (nSPS) is 16.3. The minimum absolute atomic E-state index is 0.341. The predicted octanol–water partition coefficient (Wildman–Crippen LogP) is 2.75. The first-order chi connectivity index (χ1) is 10.3. The average Bonchev–Trinajstić information content (AvgIpc) is 2.77. The zero-order valence-electron chi connectivity index (χ0n) is 11.8. The number of fused-ring (bicyclic) bond motifs is 1. The molecular formula is C17H16N4. The van der Waals surface area contributed by atoms with Crippen LogP contribution < -0.4 is 5.73 Å². The van der Waals surface area contributed by atoms with Crippen LogP contribution in [0.4, 0.5) is 5.82 Å². The summed E-state index contributed by atoms with van der Waals surface area (Å²) in [6, 6.07) is 12.5. The van der Waals surface area contributed by atoms with Gasteiger partial charge in [-0.1, -0.05) is 24.3 Å². The number of hydrogen-bond acceptors (Lipinski definition) is 3. The maximum atomic E-state index is 6.25. The van der Waals surface area contributed by atoms with E-state index in [0.29, 0.717) is 11.7 Å². The van der Waals surface area contributed by atoms with Crippen molar-refractivity contribution in [2.45, 2.75) is 12.3 Å². The molecule has 0 fully saturated rings. The van der Waals surface area contributed by atoms with Crippen molar-refractivity contribution in [1.82, 2.24) is 14.8 Å². The van der Waals surface area contributed by atoms with Crippen molar-refractivity contribution in [2.75, 3.05) is 5.73 Å². The molecule has 0 saturated carbocycles. The van der Waals surface area contributed by atoms with Crippen molar-refractivity contribution in [1.29, 1.82) is 0 Å². The fraction of sp³-hybridized carbons (Fsp3) is 0.176. The van der Waals surface area contributed by atoms with Crippen LogP contribution in [-0.4, -0.2) is 14.8 Å². The Balaban J connectivity index is 1.87. The number of nitrogens with two attached hydrogens (primary N) is 1. The molecule has 104 valence electrons. The summed E-state index contributed by atoms with van der Waals surface area (Å²) in [4.78, 5) is 4.08. The van der Waals surface area contributed by atoms with Crippen molar-refractivity contribution in [3.8, 4) is 11.1 Å². The van der Waals surface area contributed by atoms with E-state index in [-0.39, 0.29) is 0 Å². The van der Waals surface area contributed by atoms with Crippen molar-refractivity contribution < 1.29 is 0 Å². The highest BCUT2D eigenvalue weighted by Gasteiger charge is 2.32. The second kappa shape index (κ2) is 4.45. The second-order valence-electron chi connectivity index (χ2n) is 5.46. The van der Waals surface area contributed by atoms with Crippen LogP contribution in [-0.2, 0) is 13.5 Å². The summed E-state index contributed by atoms with van der Waals surface area (Å²) in [6.07, 6.45) is 4.62. The largest absolute Gasteiger partial charge is 0.383 e. The molecule has 3 aromatic rings. The fourth-order valence-electron chi connectivity index (χ4n) is 3.12. The first-order valence-electron chi connectivity index (χ1n) is 7.06. The third-order valence-electron chi connectivity index (χ3n) is 4.27. The van der Waals surface area contributed by atoms with Gasteiger partial charge in [0.25, 0.3) is 0 Å². The summed E-state index contributed by atoms with van der Waals surface area (Å²) < 4.78 is 1.77. The van der Waals surface area contributed by atoms with Gasteiger partial charge in [0.2, 0.25) is 0 Å². The first kappa shape index (κ1) is 12.1. The van der Waals surface area contributed by atoms with E-state index in [9.17, 15) is 0 Å². The Morgan fingerprint density at radius 1 is 1.14 bits per heavy atom. The summed E-state index contributed by atoms with van der Waals surface area (Å²) in [7, 11) is 1.90. The van der Waals surface area contributed by atoms with Gasteiger partial charge in [0.15, 0.2) is 0 Å². The van der Waals surface area contributed by atoms with Crippen LogP contribution in [0, 0.1) is 0 Å². The van der Waals surface area contributed by atoms with Crippen molar-refractivity contribution in [2.24, 2.45) is 7.05 Å². The van der Waals surface area contributed by atoms with Gasteiger partial charge in [0, 0.05) is 30.9 Å². The molecule has 1 atom stereocenters. The van der Waals surface area contributed by atoms with Crippen molar-refractivity contribution in [3.05, 3.63) is 65.6 Å². The minimum Gasteiger partial charge on any atom is -0.383 e. The third-order valence-corrected chi connectivity index (χ3v) is 4.27. The topological polar surface area (TPSA) is 56.7 Å². The quantitative estimate of drug-likeness (QED) is 0.783. The van der Waals surface area contributed by atoms with E-state index >= 15 is 0 Å². The molecule has 1 aliphatic carbocycles. The number of nitrogens with zero attached hydrogens (tertiary/aromatic N) is 3. The van der Waals surface area contributed by atoms with Crippen molar-refractivity contribution in [3.63, 3.8) is 0 Å². The number of aryl methyl sites for hydroxylation is 1. The minimum atomic E-state index is 0.341. The van der Waals surface area contributed by atoms with Gasteiger partial charge in [-0.05, 0) is 35.2 Å². The standard InChI is InChI=1S/C17H16N4/c1-21-17(18)15(11-6-8-19-9-7-11)16(20-21)14-10-12-4-2-3-5-13(12)14/h2-9,14H,10,18H2,1H3. The van der Waals surface area contributed by atoms with Crippen LogP contribution in [0.3, 0.4) is 0 Å². The number of benzene rings is 1. The Hall–Kier alpha value is -2.62. The Labute approximate surface area is 123 Å². The lowest BCUT2D eigenvalue weighted by Crippen LogP contribution is -2.19. The van der Waals surface area contributed by atoms with E-state index in [1.165, 1.54) is 11.1 Å². The molecule has 1 aromatic carbocycles. The Morgan fingerprint density at radius 2 is 1.90 bits per heavy atom. The maximum Gasteiger partial charge on any atom is 0.129 e. The van der Waals surface area contributed by atoms with Gasteiger partial charge in [-0.2, -0.15) is 5.10 Å². The molecule has 0 radical (unpaired) electrons. The Bertz CT molecular complexity index is 805. The molecule has 0 bridgehead atoms. The van der Waals surface area contributed by atoms with Gasteiger partial charge in [0.05, 0.1) is 5.69 Å². The maximum absolute atomic E-state index is 6.25. The van der Waals surface area contributed by atoms with Gasteiger partial charge >= 0.3 is 0 Å². The molecule has 0 aliphatic heterocycles. The first-order valence-corrected chi connectivity index (χ1v) is 7.06. The molecule has 0 amide bonds. The zero-order chi connectivity index (χ0) is 14.4. The SMILES string of the molecule is Cn1nc(C2Cc3ccccc32)c(-c2ccncc2)c1N. The third kappa shape index (κ3) is 1.76. The molecule has 1 aliphatic rings. The molecule has 4 heteroatoms. The average molecular weight is 276 g/mol. The van der Waals surface area contributed by atoms with E-state index in [1.807, 2.05) is 19.2 Å². The number of hydrogen-bond donors (Lipinski definition) is 1. The molecule has 2 heterocycles. The number of pyridine rings is 1. The Morgan fingerprint density at radius 3 is 2.67 bits per heavy atom. The summed E-state index contributed by atoms with van der Waals surface area (Å²) >= 11 is 0. The van der Waals surface area contributed by atoms with Gasteiger partial charge in [0.1, 0.15) is 5.82 Å². The number of rotatable bonds is 2. The molecule has 4 nitrogen and oxygen atoms in total. The van der Waals surface area contributed by atoms with Crippen LogP contribution in [0.2, 0.25) is 0 Å². The van der Waals surface area contributed by atoms with Gasteiger partial charge in [-0.15, -0.1) is 0 Å². The molecule has 0 saturated heterocycles. The van der Waals surface area contributed by atoms with Gasteiger partial charge in [-0.25, -0.2) is 0 Å². The van der Waals surface area contributed by atoms with E-state index in [1.54, 1.807) is 17.1 Å². The molecule has 1 unspecified atom stereocenters. The number of nitrogen functional groups attached to an aromatic ring is 1. The zero-order valence-corrected chi connectivity index (χ0v) is 11.8. The summed E-state index contributed by atoms with van der Waals surface area (Å²) in [6.45, 7) is 0. The van der Waals surface area contributed by atoms with Crippen molar-refractivity contribution >= 4 is 5.82 Å². The van der Waals surface area contributed by atoms with Crippen LogP contribution in [0.15, 0.2) is 48.8 Å². The molecule has 2 aromatic heterocycles. The molecule has 2 N–H and O–H groups in total. The van der Waals surface area contributed by atoms with Crippen LogP contribution in [0.1, 0.15) is 22.7 Å². The lowest BCUT2D eigenvalue weighted by molar-refractivity contribution is 0.655. The fourth-order valence-corrected chi connectivity index (χ4v) is 3.12. The molecule has 21 heavy (non-hydrogen) atoms. The molecule has 4 rings (SSSR count).